The maximum atomic E-state index is 5.30. The van der Waals surface area contributed by atoms with Crippen LogP contribution in [0.1, 0.15) is 6.92 Å². The lowest BCUT2D eigenvalue weighted by Crippen LogP contribution is -2.00. The molecule has 0 bridgehead atoms. The number of anilines is 3. The van der Waals surface area contributed by atoms with E-state index in [2.05, 4.69) is 15.6 Å². The van der Waals surface area contributed by atoms with Crippen LogP contribution in [0.25, 0.3) is 0 Å². The van der Waals surface area contributed by atoms with Crippen LogP contribution < -0.4 is 15.4 Å². The van der Waals surface area contributed by atoms with Crippen molar-refractivity contribution in [1.29, 1.82) is 0 Å². The third-order valence-corrected chi connectivity index (χ3v) is 2.50. The minimum atomic E-state index is 0.819. The summed E-state index contributed by atoms with van der Waals surface area (Å²) in [7, 11) is 1.66. The number of hydrogen-bond acceptors (Lipinski definition) is 4. The molecule has 94 valence electrons. The van der Waals surface area contributed by atoms with Crippen molar-refractivity contribution in [3.63, 3.8) is 0 Å². The third kappa shape index (κ3) is 2.91. The lowest BCUT2D eigenvalue weighted by molar-refractivity contribution is 0.417. The number of hydrogen-bond donors (Lipinski definition) is 2. The lowest BCUT2D eigenvalue weighted by Gasteiger charge is -2.11. The third-order valence-electron chi connectivity index (χ3n) is 2.50. The van der Waals surface area contributed by atoms with Crippen LogP contribution in [0, 0.1) is 0 Å². The van der Waals surface area contributed by atoms with Crippen molar-refractivity contribution < 1.29 is 4.74 Å². The maximum Gasteiger partial charge on any atom is 0.142 e. The molecule has 2 aromatic rings. The van der Waals surface area contributed by atoms with Crippen molar-refractivity contribution in [3.8, 4) is 5.75 Å². The van der Waals surface area contributed by atoms with Crippen LogP contribution in [-0.2, 0) is 0 Å². The van der Waals surface area contributed by atoms with E-state index in [1.165, 1.54) is 0 Å². The average Bonchev–Trinajstić information content (AvgIpc) is 2.40. The van der Waals surface area contributed by atoms with Gasteiger partial charge in [0.15, 0.2) is 0 Å². The molecular formula is C14H17N3O. The number of para-hydroxylation sites is 2. The second kappa shape index (κ2) is 5.91. The first-order chi connectivity index (χ1) is 8.83. The number of aromatic nitrogens is 1. The van der Waals surface area contributed by atoms with E-state index in [4.69, 9.17) is 4.74 Å². The second-order valence-electron chi connectivity index (χ2n) is 3.79. The summed E-state index contributed by atoms with van der Waals surface area (Å²) in [6.45, 7) is 2.90. The summed E-state index contributed by atoms with van der Waals surface area (Å²) in [5.41, 5.74) is 1.92. The predicted molar refractivity (Wildman–Crippen MR) is 74.7 cm³/mol. The number of rotatable bonds is 5. The summed E-state index contributed by atoms with van der Waals surface area (Å²) in [5.74, 6) is 1.68. The van der Waals surface area contributed by atoms with Gasteiger partial charge in [-0.05, 0) is 25.1 Å². The number of methoxy groups -OCH3 is 1. The molecule has 0 amide bonds. The maximum absolute atomic E-state index is 5.30. The fraction of sp³-hybridized carbons (Fsp3) is 0.214. The Morgan fingerprint density at radius 1 is 1.22 bits per heavy atom. The Kier molecular flexibility index (Phi) is 4.02. The van der Waals surface area contributed by atoms with Crippen molar-refractivity contribution in [2.75, 3.05) is 24.3 Å². The molecule has 0 aliphatic heterocycles. The molecule has 2 rings (SSSR count). The van der Waals surface area contributed by atoms with Gasteiger partial charge in [-0.15, -0.1) is 0 Å². The first-order valence-corrected chi connectivity index (χ1v) is 5.93. The van der Waals surface area contributed by atoms with Gasteiger partial charge in [0.05, 0.1) is 12.8 Å². The second-order valence-corrected chi connectivity index (χ2v) is 3.79. The van der Waals surface area contributed by atoms with Crippen molar-refractivity contribution in [1.82, 2.24) is 4.98 Å². The Labute approximate surface area is 107 Å². The van der Waals surface area contributed by atoms with E-state index >= 15 is 0 Å². The summed E-state index contributed by atoms with van der Waals surface area (Å²) in [4.78, 5) is 4.23. The summed E-state index contributed by atoms with van der Waals surface area (Å²) in [5, 5.41) is 6.50. The van der Waals surface area contributed by atoms with Crippen LogP contribution in [0.5, 0.6) is 5.75 Å². The first-order valence-electron chi connectivity index (χ1n) is 5.93. The van der Waals surface area contributed by atoms with Crippen LogP contribution in [0.4, 0.5) is 17.2 Å². The molecule has 1 heterocycles. The van der Waals surface area contributed by atoms with E-state index in [0.717, 1.165) is 29.5 Å². The summed E-state index contributed by atoms with van der Waals surface area (Å²) in [6.07, 6.45) is 1.77. The first kappa shape index (κ1) is 12.2. The Balaban J connectivity index is 2.20. The predicted octanol–water partition coefficient (Wildman–Crippen LogP) is 3.27. The van der Waals surface area contributed by atoms with Crippen molar-refractivity contribution in [2.24, 2.45) is 0 Å². The monoisotopic (exact) mass is 243 g/mol. The van der Waals surface area contributed by atoms with Gasteiger partial charge in [-0.2, -0.15) is 0 Å². The lowest BCUT2D eigenvalue weighted by atomic mass is 10.2. The molecule has 4 nitrogen and oxygen atoms in total. The van der Waals surface area contributed by atoms with E-state index in [1.807, 2.05) is 43.3 Å². The number of benzene rings is 1. The minimum absolute atomic E-state index is 0.819. The Morgan fingerprint density at radius 2 is 2.06 bits per heavy atom. The smallest absolute Gasteiger partial charge is 0.142 e. The van der Waals surface area contributed by atoms with Crippen molar-refractivity contribution in [2.45, 2.75) is 6.92 Å². The molecule has 0 radical (unpaired) electrons. The summed E-state index contributed by atoms with van der Waals surface area (Å²) in [6, 6.07) is 11.7. The molecule has 1 aromatic heterocycles. The SMILES string of the molecule is CCNc1cc(Nc2ccccc2OC)ccn1. The van der Waals surface area contributed by atoms with Gasteiger partial charge < -0.3 is 15.4 Å². The zero-order chi connectivity index (χ0) is 12.8. The minimum Gasteiger partial charge on any atom is -0.495 e. The Bertz CT molecular complexity index is 514. The molecule has 0 fully saturated rings. The van der Waals surface area contributed by atoms with Crippen LogP contribution in [0.2, 0.25) is 0 Å². The number of ether oxygens (including phenoxy) is 1. The fourth-order valence-corrected chi connectivity index (χ4v) is 1.69. The van der Waals surface area contributed by atoms with Gasteiger partial charge in [-0.3, -0.25) is 0 Å². The average molecular weight is 243 g/mol. The normalized spacial score (nSPS) is 9.89. The van der Waals surface area contributed by atoms with Gasteiger partial charge in [-0.25, -0.2) is 4.98 Å². The summed E-state index contributed by atoms with van der Waals surface area (Å²) >= 11 is 0. The molecule has 0 unspecified atom stereocenters. The van der Waals surface area contributed by atoms with E-state index in [9.17, 15) is 0 Å². The van der Waals surface area contributed by atoms with Crippen molar-refractivity contribution >= 4 is 17.2 Å². The quantitative estimate of drug-likeness (QED) is 0.846. The van der Waals surface area contributed by atoms with Gasteiger partial charge in [-0.1, -0.05) is 12.1 Å². The van der Waals surface area contributed by atoms with Gasteiger partial charge in [0.25, 0.3) is 0 Å². The number of nitrogens with one attached hydrogen (secondary N) is 2. The zero-order valence-corrected chi connectivity index (χ0v) is 10.6. The molecule has 2 N–H and O–H groups in total. The molecule has 18 heavy (non-hydrogen) atoms. The molecular weight excluding hydrogens is 226 g/mol. The largest absolute Gasteiger partial charge is 0.495 e. The molecule has 0 aliphatic carbocycles. The standard InChI is InChI=1S/C14H17N3O/c1-3-15-14-10-11(8-9-16-14)17-12-6-4-5-7-13(12)18-2/h4-10H,3H2,1-2H3,(H2,15,16,17). The molecule has 0 atom stereocenters. The van der Waals surface area contributed by atoms with E-state index < -0.39 is 0 Å². The number of nitrogens with zero attached hydrogens (tertiary/aromatic N) is 1. The van der Waals surface area contributed by atoms with E-state index in [0.29, 0.717) is 0 Å². The highest BCUT2D eigenvalue weighted by Crippen LogP contribution is 2.27. The van der Waals surface area contributed by atoms with E-state index in [-0.39, 0.29) is 0 Å². The highest BCUT2D eigenvalue weighted by atomic mass is 16.5. The molecule has 0 saturated carbocycles. The van der Waals surface area contributed by atoms with Gasteiger partial charge in [0.1, 0.15) is 11.6 Å². The van der Waals surface area contributed by atoms with Gasteiger partial charge in [0, 0.05) is 24.5 Å². The molecule has 0 aliphatic rings. The van der Waals surface area contributed by atoms with Crippen LogP contribution >= 0.6 is 0 Å². The van der Waals surface area contributed by atoms with Crippen LogP contribution in [-0.4, -0.2) is 18.6 Å². The van der Waals surface area contributed by atoms with Crippen LogP contribution in [0.15, 0.2) is 42.6 Å². The topological polar surface area (TPSA) is 46.2 Å². The fourth-order valence-electron chi connectivity index (χ4n) is 1.69. The summed E-state index contributed by atoms with van der Waals surface area (Å²) < 4.78 is 5.30. The van der Waals surface area contributed by atoms with Crippen molar-refractivity contribution in [3.05, 3.63) is 42.6 Å². The van der Waals surface area contributed by atoms with E-state index in [1.54, 1.807) is 13.3 Å². The molecule has 4 heteroatoms. The highest BCUT2D eigenvalue weighted by Gasteiger charge is 2.02. The Hall–Kier alpha value is -2.23. The molecule has 0 spiro atoms. The van der Waals surface area contributed by atoms with Gasteiger partial charge in [0.2, 0.25) is 0 Å². The molecule has 1 aromatic carbocycles. The number of pyridine rings is 1. The zero-order valence-electron chi connectivity index (χ0n) is 10.6. The highest BCUT2D eigenvalue weighted by molar-refractivity contribution is 5.67. The molecule has 0 saturated heterocycles. The van der Waals surface area contributed by atoms with Crippen LogP contribution in [0.3, 0.4) is 0 Å². The Morgan fingerprint density at radius 3 is 2.83 bits per heavy atom. The van der Waals surface area contributed by atoms with Gasteiger partial charge >= 0.3 is 0 Å².